The first-order chi connectivity index (χ1) is 19.9. The first-order valence-electron chi connectivity index (χ1n) is 13.2. The van der Waals surface area contributed by atoms with Gasteiger partial charge in [-0.3, -0.25) is 10.2 Å². The van der Waals surface area contributed by atoms with Gasteiger partial charge in [-0.05, 0) is 43.7 Å². The highest BCUT2D eigenvalue weighted by Gasteiger charge is 2.48. The molecule has 1 aliphatic rings. The number of urea groups is 1. The molecule has 9 nitrogen and oxygen atoms in total. The van der Waals surface area contributed by atoms with E-state index < -0.39 is 54.6 Å². The van der Waals surface area contributed by atoms with Gasteiger partial charge in [0.05, 0.1) is 30.0 Å². The fraction of sp³-hybridized carbons (Fsp3) is 0.429. The molecule has 0 saturated carbocycles. The molecule has 1 saturated heterocycles. The Labute approximate surface area is 239 Å². The number of hydrogen-bond acceptors (Lipinski definition) is 6. The summed E-state index contributed by atoms with van der Waals surface area (Å²) in [4.78, 5) is 14.4. The average molecular weight is 598 g/mol. The molecule has 0 aliphatic carbocycles. The third kappa shape index (κ3) is 7.17. The summed E-state index contributed by atoms with van der Waals surface area (Å²) in [5.41, 5.74) is 1.26. The van der Waals surface area contributed by atoms with Crippen LogP contribution in [0, 0.1) is 18.6 Å². The van der Waals surface area contributed by atoms with Gasteiger partial charge in [0, 0.05) is 26.1 Å². The molecule has 1 aromatic heterocycles. The molecule has 2 heterocycles. The number of nitrogens with zero attached hydrogens (tertiary/aromatic N) is 3. The van der Waals surface area contributed by atoms with Crippen molar-refractivity contribution in [3.63, 3.8) is 0 Å². The number of halogens is 5. The lowest BCUT2D eigenvalue weighted by molar-refractivity contribution is -0.192. The Morgan fingerprint density at radius 3 is 2.45 bits per heavy atom. The summed E-state index contributed by atoms with van der Waals surface area (Å²) in [5.74, 6) is -2.65. The molecule has 0 spiro atoms. The molecule has 2 aromatic carbocycles. The van der Waals surface area contributed by atoms with Crippen molar-refractivity contribution in [3.05, 3.63) is 71.3 Å². The van der Waals surface area contributed by atoms with Gasteiger partial charge < -0.3 is 19.9 Å². The van der Waals surface area contributed by atoms with Gasteiger partial charge in [-0.25, -0.2) is 18.3 Å². The maximum atomic E-state index is 14.1. The molecule has 1 aliphatic heterocycles. The number of nitrogens with one attached hydrogen (secondary N) is 2. The maximum Gasteiger partial charge on any atom is 0.406 e. The number of carbonyl (C=O) groups excluding carboxylic acids is 1. The van der Waals surface area contributed by atoms with Gasteiger partial charge in [-0.1, -0.05) is 24.3 Å². The lowest BCUT2D eigenvalue weighted by Crippen LogP contribution is -2.49. The zero-order chi connectivity index (χ0) is 30.6. The highest BCUT2D eigenvalue weighted by atomic mass is 19.4. The fourth-order valence-electron chi connectivity index (χ4n) is 4.91. The van der Waals surface area contributed by atoms with Gasteiger partial charge in [0.1, 0.15) is 18.5 Å². The smallest absolute Gasteiger partial charge is 0.406 e. The van der Waals surface area contributed by atoms with Crippen LogP contribution in [0.4, 0.5) is 32.6 Å². The molecule has 1 fully saturated rings. The van der Waals surface area contributed by atoms with Crippen molar-refractivity contribution in [2.75, 3.05) is 38.7 Å². The van der Waals surface area contributed by atoms with E-state index in [9.17, 15) is 31.9 Å². The van der Waals surface area contributed by atoms with E-state index >= 15 is 0 Å². The molecule has 3 N–H and O–H groups in total. The predicted octanol–water partition coefficient (Wildman–Crippen LogP) is 4.39. The molecule has 4 atom stereocenters. The molecular formula is C28H32F5N5O4. The van der Waals surface area contributed by atoms with Crippen LogP contribution in [-0.2, 0) is 4.74 Å². The number of hydrogen-bond donors (Lipinski definition) is 3. The van der Waals surface area contributed by atoms with Crippen molar-refractivity contribution in [3.8, 4) is 11.6 Å². The standard InChI is InChI=1S/C28H32F5N5O4/c1-16(39)14-42-26-17(2)25(38(36-26)19-7-5-4-6-8-19)35-27(40)34-23-13-37(24(15-41-3)28(31,32)33)12-20(23)18-9-10-21(29)22(30)11-18/h4-11,16,20,23-24,39H,12-15H2,1-3H3,(H2,34,35,40)/t16-,20-,23?,24-/m0/s1. The van der Waals surface area contributed by atoms with E-state index in [4.69, 9.17) is 9.47 Å². The number of carbonyl (C=O) groups is 1. The second-order valence-corrected chi connectivity index (χ2v) is 10.1. The molecule has 0 radical (unpaired) electrons. The number of rotatable bonds is 10. The summed E-state index contributed by atoms with van der Waals surface area (Å²) in [5, 5.41) is 19.5. The van der Waals surface area contributed by atoms with Crippen molar-refractivity contribution >= 4 is 11.8 Å². The van der Waals surface area contributed by atoms with E-state index in [0.717, 1.165) is 24.1 Å². The average Bonchev–Trinajstić information content (AvgIpc) is 3.48. The van der Waals surface area contributed by atoms with Gasteiger partial charge in [0.25, 0.3) is 0 Å². The quantitative estimate of drug-likeness (QED) is 0.300. The van der Waals surface area contributed by atoms with Gasteiger partial charge in [0.2, 0.25) is 5.88 Å². The normalized spacial score (nSPS) is 19.0. The van der Waals surface area contributed by atoms with Gasteiger partial charge in [-0.2, -0.15) is 13.2 Å². The Bertz CT molecular complexity index is 1370. The number of benzene rings is 2. The van der Waals surface area contributed by atoms with Crippen LogP contribution in [0.5, 0.6) is 5.88 Å². The van der Waals surface area contributed by atoms with Crippen LogP contribution < -0.4 is 15.4 Å². The summed E-state index contributed by atoms with van der Waals surface area (Å²) in [6, 6.07) is 8.30. The minimum atomic E-state index is -4.63. The van der Waals surface area contributed by atoms with E-state index in [1.54, 1.807) is 44.2 Å². The maximum absolute atomic E-state index is 14.1. The topological polar surface area (TPSA) is 101 Å². The van der Waals surface area contributed by atoms with Gasteiger partial charge in [0.15, 0.2) is 11.6 Å². The molecule has 228 valence electrons. The number of anilines is 1. The minimum Gasteiger partial charge on any atom is -0.474 e. The Hall–Kier alpha value is -3.75. The van der Waals surface area contributed by atoms with Crippen LogP contribution in [0.25, 0.3) is 5.69 Å². The van der Waals surface area contributed by atoms with Crippen molar-refractivity contribution in [2.45, 2.75) is 44.1 Å². The number of aliphatic hydroxyl groups is 1. The van der Waals surface area contributed by atoms with Crippen LogP contribution in [0.3, 0.4) is 0 Å². The van der Waals surface area contributed by atoms with E-state index in [0.29, 0.717) is 11.3 Å². The molecule has 14 heteroatoms. The molecule has 2 amide bonds. The van der Waals surface area contributed by atoms with Crippen molar-refractivity contribution in [2.24, 2.45) is 0 Å². The Morgan fingerprint density at radius 2 is 1.83 bits per heavy atom. The summed E-state index contributed by atoms with van der Waals surface area (Å²) in [7, 11) is 1.15. The van der Waals surface area contributed by atoms with E-state index in [1.165, 1.54) is 10.7 Å². The number of aromatic nitrogens is 2. The molecule has 1 unspecified atom stereocenters. The van der Waals surface area contributed by atoms with Crippen LogP contribution in [0.2, 0.25) is 0 Å². The lowest BCUT2D eigenvalue weighted by Gasteiger charge is -2.29. The van der Waals surface area contributed by atoms with E-state index in [2.05, 4.69) is 15.7 Å². The van der Waals surface area contributed by atoms with Gasteiger partial charge in [-0.15, -0.1) is 5.10 Å². The minimum absolute atomic E-state index is 0.0477. The number of aliphatic hydroxyl groups excluding tert-OH is 1. The molecule has 4 rings (SSSR count). The number of methoxy groups -OCH3 is 1. The van der Waals surface area contributed by atoms with Crippen molar-refractivity contribution in [1.29, 1.82) is 0 Å². The van der Waals surface area contributed by atoms with Crippen molar-refractivity contribution in [1.82, 2.24) is 20.0 Å². The monoisotopic (exact) mass is 597 g/mol. The summed E-state index contributed by atoms with van der Waals surface area (Å²) in [6.45, 7) is 2.08. The van der Waals surface area contributed by atoms with Crippen LogP contribution in [0.15, 0.2) is 48.5 Å². The van der Waals surface area contributed by atoms with Crippen molar-refractivity contribution < 1.29 is 41.3 Å². The summed E-state index contributed by atoms with van der Waals surface area (Å²) >= 11 is 0. The van der Waals surface area contributed by atoms with Crippen LogP contribution in [0.1, 0.15) is 24.0 Å². The van der Waals surface area contributed by atoms with E-state index in [-0.39, 0.29) is 37.0 Å². The molecule has 0 bridgehead atoms. The summed E-state index contributed by atoms with van der Waals surface area (Å²) < 4.78 is 81.2. The number of alkyl halides is 3. The van der Waals surface area contributed by atoms with Crippen LogP contribution >= 0.6 is 0 Å². The first-order valence-corrected chi connectivity index (χ1v) is 13.2. The lowest BCUT2D eigenvalue weighted by atomic mass is 9.94. The number of likely N-dealkylation sites (tertiary alicyclic amines) is 1. The zero-order valence-electron chi connectivity index (χ0n) is 23.2. The molecule has 42 heavy (non-hydrogen) atoms. The molecule has 3 aromatic rings. The first kappa shape index (κ1) is 31.2. The predicted molar refractivity (Wildman–Crippen MR) is 144 cm³/mol. The second-order valence-electron chi connectivity index (χ2n) is 10.1. The van der Waals surface area contributed by atoms with Crippen LogP contribution in [-0.4, -0.2) is 83.6 Å². The molecular weight excluding hydrogens is 565 g/mol. The van der Waals surface area contributed by atoms with E-state index in [1.807, 2.05) is 0 Å². The third-order valence-corrected chi connectivity index (χ3v) is 6.95. The highest BCUT2D eigenvalue weighted by Crippen LogP contribution is 2.35. The Kier molecular flexibility index (Phi) is 9.69. The Morgan fingerprint density at radius 1 is 1.12 bits per heavy atom. The SMILES string of the molecule is COC[C@H](N1CC(NC(=O)Nc2c(C)c(OC[C@H](C)O)nn2-c2ccccc2)[C@H](c2ccc(F)c(F)c2)C1)C(F)(F)F. The zero-order valence-corrected chi connectivity index (χ0v) is 23.2. The third-order valence-electron chi connectivity index (χ3n) is 6.95. The number of amides is 2. The fourth-order valence-corrected chi connectivity index (χ4v) is 4.91. The number of para-hydroxylation sites is 1. The van der Waals surface area contributed by atoms with Gasteiger partial charge >= 0.3 is 12.2 Å². The Balaban J connectivity index is 1.62. The summed E-state index contributed by atoms with van der Waals surface area (Å²) in [6.07, 6.45) is -5.41. The largest absolute Gasteiger partial charge is 0.474 e. The second kappa shape index (κ2) is 13.0. The highest BCUT2D eigenvalue weighted by molar-refractivity contribution is 5.90. The number of ether oxygens (including phenoxy) is 2.